The number of Topliss-reactive ketones (excluding diaryl/α,β-unsaturated/α-hetero) is 1. The van der Waals surface area contributed by atoms with Crippen LogP contribution in [0.25, 0.3) is 10.1 Å². The highest BCUT2D eigenvalue weighted by molar-refractivity contribution is 7.21. The topological polar surface area (TPSA) is 43.4 Å². The molecule has 0 spiro atoms. The van der Waals surface area contributed by atoms with E-state index in [0.717, 1.165) is 10.1 Å². The maximum absolute atomic E-state index is 12.3. The second-order valence-electron chi connectivity index (χ2n) is 5.02. The SMILES string of the molecule is CC(OC(=O)c1sc2ccccc2c1Cl)C(=O)c1ccccc1. The van der Waals surface area contributed by atoms with Crippen LogP contribution in [0.5, 0.6) is 0 Å². The number of thiophene rings is 1. The number of rotatable bonds is 4. The largest absolute Gasteiger partial charge is 0.450 e. The van der Waals surface area contributed by atoms with E-state index in [2.05, 4.69) is 0 Å². The molecule has 3 rings (SSSR count). The number of fused-ring (bicyclic) bond motifs is 1. The monoisotopic (exact) mass is 344 g/mol. The summed E-state index contributed by atoms with van der Waals surface area (Å²) in [5, 5.41) is 1.18. The van der Waals surface area contributed by atoms with Crippen molar-refractivity contribution >= 4 is 44.8 Å². The molecule has 0 aliphatic carbocycles. The van der Waals surface area contributed by atoms with E-state index in [1.165, 1.54) is 11.3 Å². The highest BCUT2D eigenvalue weighted by Crippen LogP contribution is 2.35. The highest BCUT2D eigenvalue weighted by atomic mass is 35.5. The molecule has 1 heterocycles. The molecular formula is C18H13ClO3S. The van der Waals surface area contributed by atoms with Crippen LogP contribution in [0.15, 0.2) is 54.6 Å². The van der Waals surface area contributed by atoms with Gasteiger partial charge in [-0.3, -0.25) is 4.79 Å². The fraction of sp³-hybridized carbons (Fsp3) is 0.111. The zero-order valence-corrected chi connectivity index (χ0v) is 13.9. The first-order valence-electron chi connectivity index (χ1n) is 7.05. The molecule has 0 bridgehead atoms. The number of benzene rings is 2. The second-order valence-corrected chi connectivity index (χ2v) is 6.45. The molecule has 0 amide bonds. The van der Waals surface area contributed by atoms with Crippen LogP contribution in [0.3, 0.4) is 0 Å². The molecule has 3 nitrogen and oxygen atoms in total. The van der Waals surface area contributed by atoms with Crippen molar-refractivity contribution in [3.8, 4) is 0 Å². The van der Waals surface area contributed by atoms with Crippen molar-refractivity contribution < 1.29 is 14.3 Å². The molecule has 0 radical (unpaired) electrons. The predicted octanol–water partition coefficient (Wildman–Crippen LogP) is 4.98. The highest BCUT2D eigenvalue weighted by Gasteiger charge is 2.24. The van der Waals surface area contributed by atoms with Gasteiger partial charge in [-0.05, 0) is 13.0 Å². The van der Waals surface area contributed by atoms with Crippen LogP contribution in [0.2, 0.25) is 5.02 Å². The van der Waals surface area contributed by atoms with E-state index in [9.17, 15) is 9.59 Å². The van der Waals surface area contributed by atoms with Crippen LogP contribution < -0.4 is 0 Å². The summed E-state index contributed by atoms with van der Waals surface area (Å²) >= 11 is 7.52. The molecule has 1 aromatic heterocycles. The summed E-state index contributed by atoms with van der Waals surface area (Å²) in [5.41, 5.74) is 0.509. The summed E-state index contributed by atoms with van der Waals surface area (Å²) in [7, 11) is 0. The predicted molar refractivity (Wildman–Crippen MR) is 92.5 cm³/mol. The Bertz CT molecular complexity index is 870. The van der Waals surface area contributed by atoms with Gasteiger partial charge in [0.2, 0.25) is 5.78 Å². The number of hydrogen-bond acceptors (Lipinski definition) is 4. The Labute approximate surface area is 142 Å². The first-order valence-corrected chi connectivity index (χ1v) is 8.24. The summed E-state index contributed by atoms with van der Waals surface area (Å²) in [6.07, 6.45) is -0.869. The van der Waals surface area contributed by atoms with Crippen molar-refractivity contribution in [1.82, 2.24) is 0 Å². The third-order valence-electron chi connectivity index (χ3n) is 3.43. The third-order valence-corrected chi connectivity index (χ3v) is 5.09. The smallest absolute Gasteiger partial charge is 0.350 e. The molecule has 1 unspecified atom stereocenters. The quantitative estimate of drug-likeness (QED) is 0.495. The lowest BCUT2D eigenvalue weighted by Gasteiger charge is -2.11. The molecule has 1 atom stereocenters. The fourth-order valence-corrected chi connectivity index (χ4v) is 3.64. The molecule has 0 N–H and O–H groups in total. The van der Waals surface area contributed by atoms with Crippen molar-refractivity contribution in [2.24, 2.45) is 0 Å². The third kappa shape index (κ3) is 3.14. The normalized spacial score (nSPS) is 12.1. The summed E-state index contributed by atoms with van der Waals surface area (Å²) in [4.78, 5) is 24.9. The Balaban J connectivity index is 1.80. The van der Waals surface area contributed by atoms with E-state index < -0.39 is 12.1 Å². The van der Waals surface area contributed by atoms with Crippen LogP contribution in [0, 0.1) is 0 Å². The molecule has 0 aliphatic rings. The lowest BCUT2D eigenvalue weighted by atomic mass is 10.1. The van der Waals surface area contributed by atoms with E-state index in [1.54, 1.807) is 31.2 Å². The fourth-order valence-electron chi connectivity index (χ4n) is 2.25. The Morgan fingerprint density at radius 1 is 1.04 bits per heavy atom. The number of carbonyl (C=O) groups is 2. The van der Waals surface area contributed by atoms with Crippen LogP contribution in [-0.2, 0) is 4.74 Å². The Morgan fingerprint density at radius 3 is 2.39 bits per heavy atom. The molecule has 0 aliphatic heterocycles. The van der Waals surface area contributed by atoms with E-state index >= 15 is 0 Å². The minimum Gasteiger partial charge on any atom is -0.450 e. The maximum atomic E-state index is 12.3. The first kappa shape index (κ1) is 15.7. The lowest BCUT2D eigenvalue weighted by molar-refractivity contribution is 0.0324. The Kier molecular flexibility index (Phi) is 4.46. The average Bonchev–Trinajstić information content (AvgIpc) is 2.92. The van der Waals surface area contributed by atoms with Gasteiger partial charge in [-0.25, -0.2) is 4.79 Å². The second kappa shape index (κ2) is 6.52. The average molecular weight is 345 g/mol. The number of esters is 1. The Hall–Kier alpha value is -2.17. The summed E-state index contributed by atoms with van der Waals surface area (Å²) in [6, 6.07) is 16.2. The van der Waals surface area contributed by atoms with Gasteiger partial charge in [0, 0.05) is 15.6 Å². The molecular weight excluding hydrogens is 332 g/mol. The van der Waals surface area contributed by atoms with Crippen molar-refractivity contribution in [2.75, 3.05) is 0 Å². The zero-order valence-electron chi connectivity index (χ0n) is 12.3. The molecule has 3 aromatic rings. The number of hydrogen-bond donors (Lipinski definition) is 0. The summed E-state index contributed by atoms with van der Waals surface area (Å²) < 4.78 is 6.21. The number of ether oxygens (including phenoxy) is 1. The van der Waals surface area contributed by atoms with E-state index in [4.69, 9.17) is 16.3 Å². The standard InChI is InChI=1S/C18H13ClO3S/c1-11(16(20)12-7-3-2-4-8-12)22-18(21)17-15(19)13-9-5-6-10-14(13)23-17/h2-11H,1H3. The van der Waals surface area contributed by atoms with Crippen molar-refractivity contribution in [3.05, 3.63) is 70.1 Å². The first-order chi connectivity index (χ1) is 11.1. The number of halogens is 1. The minimum absolute atomic E-state index is 0.240. The van der Waals surface area contributed by atoms with Gasteiger partial charge < -0.3 is 4.74 Å². The van der Waals surface area contributed by atoms with E-state index in [0.29, 0.717) is 15.5 Å². The number of ketones is 1. The van der Waals surface area contributed by atoms with Crippen molar-refractivity contribution in [1.29, 1.82) is 0 Å². The zero-order chi connectivity index (χ0) is 16.4. The van der Waals surface area contributed by atoms with Gasteiger partial charge >= 0.3 is 5.97 Å². The van der Waals surface area contributed by atoms with Crippen LogP contribution in [0.4, 0.5) is 0 Å². The van der Waals surface area contributed by atoms with Gasteiger partial charge in [0.05, 0.1) is 5.02 Å². The van der Waals surface area contributed by atoms with Gasteiger partial charge in [0.1, 0.15) is 4.88 Å². The van der Waals surface area contributed by atoms with Crippen LogP contribution >= 0.6 is 22.9 Å². The van der Waals surface area contributed by atoms with Gasteiger partial charge in [-0.1, -0.05) is 60.1 Å². The van der Waals surface area contributed by atoms with E-state index in [1.807, 2.05) is 30.3 Å². The molecule has 2 aromatic carbocycles. The molecule has 5 heteroatoms. The Morgan fingerprint density at radius 2 is 1.70 bits per heavy atom. The van der Waals surface area contributed by atoms with E-state index in [-0.39, 0.29) is 5.78 Å². The molecule has 23 heavy (non-hydrogen) atoms. The summed E-state index contributed by atoms with van der Waals surface area (Å²) in [6.45, 7) is 1.56. The minimum atomic E-state index is -0.869. The van der Waals surface area contributed by atoms with Crippen molar-refractivity contribution in [2.45, 2.75) is 13.0 Å². The number of carbonyl (C=O) groups excluding carboxylic acids is 2. The van der Waals surface area contributed by atoms with Crippen LogP contribution in [-0.4, -0.2) is 17.9 Å². The van der Waals surface area contributed by atoms with Gasteiger partial charge in [-0.2, -0.15) is 0 Å². The molecule has 0 fully saturated rings. The molecule has 116 valence electrons. The maximum Gasteiger partial charge on any atom is 0.350 e. The molecule has 0 saturated carbocycles. The summed E-state index contributed by atoms with van der Waals surface area (Å²) in [5.74, 6) is -0.816. The van der Waals surface area contributed by atoms with Crippen molar-refractivity contribution in [3.63, 3.8) is 0 Å². The van der Waals surface area contributed by atoms with Gasteiger partial charge in [0.15, 0.2) is 6.10 Å². The van der Waals surface area contributed by atoms with Gasteiger partial charge in [0.25, 0.3) is 0 Å². The van der Waals surface area contributed by atoms with Gasteiger partial charge in [-0.15, -0.1) is 11.3 Å². The van der Waals surface area contributed by atoms with Crippen LogP contribution in [0.1, 0.15) is 27.0 Å². The molecule has 0 saturated heterocycles. The lowest BCUT2D eigenvalue weighted by Crippen LogP contribution is -2.24.